The Balaban J connectivity index is -0.000000320. The molecule has 0 unspecified atom stereocenters. The van der Waals surface area contributed by atoms with Crippen LogP contribution in [0.3, 0.4) is 0 Å². The van der Waals surface area contributed by atoms with Crippen LogP contribution in [0.4, 0.5) is 0 Å². The van der Waals surface area contributed by atoms with Crippen LogP contribution in [0.1, 0.15) is 26.2 Å². The zero-order valence-electron chi connectivity index (χ0n) is 7.50. The van der Waals surface area contributed by atoms with Crippen LogP contribution >= 0.6 is 7.60 Å². The Labute approximate surface area is 91.8 Å². The van der Waals surface area contributed by atoms with Gasteiger partial charge in [-0.15, -0.1) is 0 Å². The van der Waals surface area contributed by atoms with Crippen molar-refractivity contribution in [2.45, 2.75) is 26.2 Å². The molecule has 0 saturated heterocycles. The molecule has 3 nitrogen and oxygen atoms in total. The maximum Gasteiger partial charge on any atom is 1.00 e. The van der Waals surface area contributed by atoms with Gasteiger partial charge in [-0.25, -0.2) is 0 Å². The molecular formula is C5H11Li2O3P. The van der Waals surface area contributed by atoms with E-state index in [-0.39, 0.29) is 43.9 Å². The summed E-state index contributed by atoms with van der Waals surface area (Å²) in [6.07, 6.45) is 2.11. The van der Waals surface area contributed by atoms with Crippen molar-refractivity contribution in [2.75, 3.05) is 6.16 Å². The molecule has 0 aliphatic carbocycles. The SMILES string of the molecule is CCCCCP(=O)([O-])[O-].[Li+].[Li+]. The predicted molar refractivity (Wildman–Crippen MR) is 32.0 cm³/mol. The first-order valence-corrected chi connectivity index (χ1v) is 4.80. The molecule has 0 radical (unpaired) electrons. The number of unbranched alkanes of at least 4 members (excludes halogenated alkanes) is 2. The van der Waals surface area contributed by atoms with Crippen molar-refractivity contribution in [1.29, 1.82) is 0 Å². The summed E-state index contributed by atoms with van der Waals surface area (Å²) >= 11 is 0. The Kier molecular flexibility index (Phi) is 15.6. The van der Waals surface area contributed by atoms with Crippen molar-refractivity contribution < 1.29 is 52.1 Å². The normalized spacial score (nSPS) is 9.73. The smallest absolute Gasteiger partial charge is 0.811 e. The zero-order chi connectivity index (χ0) is 7.33. The second-order valence-electron chi connectivity index (χ2n) is 2.04. The van der Waals surface area contributed by atoms with E-state index in [1.807, 2.05) is 6.92 Å². The van der Waals surface area contributed by atoms with Gasteiger partial charge in [-0.3, -0.25) is 0 Å². The van der Waals surface area contributed by atoms with Gasteiger partial charge in [0, 0.05) is 0 Å². The molecule has 56 valence electrons. The van der Waals surface area contributed by atoms with E-state index >= 15 is 0 Å². The summed E-state index contributed by atoms with van der Waals surface area (Å²) in [5, 5.41) is 0. The quantitative estimate of drug-likeness (QED) is 0.236. The Morgan fingerprint density at radius 3 is 1.91 bits per heavy atom. The van der Waals surface area contributed by atoms with E-state index in [1.54, 1.807) is 0 Å². The molecule has 0 heterocycles. The van der Waals surface area contributed by atoms with E-state index < -0.39 is 7.60 Å². The molecule has 0 N–H and O–H groups in total. The zero-order valence-corrected chi connectivity index (χ0v) is 8.39. The third-order valence-corrected chi connectivity index (χ3v) is 1.90. The van der Waals surface area contributed by atoms with Gasteiger partial charge in [0.1, 0.15) is 0 Å². The average Bonchev–Trinajstić information content (AvgIpc) is 1.63. The summed E-state index contributed by atoms with van der Waals surface area (Å²) in [5.74, 6) is 0. The molecule has 6 heteroatoms. The Morgan fingerprint density at radius 1 is 1.18 bits per heavy atom. The van der Waals surface area contributed by atoms with E-state index in [1.165, 1.54) is 0 Å². The van der Waals surface area contributed by atoms with Gasteiger partial charge in [0.2, 0.25) is 0 Å². The van der Waals surface area contributed by atoms with E-state index in [0.717, 1.165) is 12.8 Å². The van der Waals surface area contributed by atoms with Gasteiger partial charge in [-0.1, -0.05) is 27.4 Å². The molecule has 0 aromatic rings. The third-order valence-electron chi connectivity index (χ3n) is 1.04. The van der Waals surface area contributed by atoms with Crippen LogP contribution in [-0.4, -0.2) is 6.16 Å². The van der Waals surface area contributed by atoms with Crippen LogP contribution in [0.2, 0.25) is 0 Å². The molecule has 0 aromatic carbocycles. The number of rotatable bonds is 4. The Morgan fingerprint density at radius 2 is 1.64 bits per heavy atom. The third kappa shape index (κ3) is 18.4. The van der Waals surface area contributed by atoms with Crippen molar-refractivity contribution in [3.8, 4) is 0 Å². The standard InChI is InChI=1S/C5H13O3P.2Li/c1-2-3-4-5-9(6,7)8;;/h2-5H2,1H3,(H2,6,7,8);;/q;2*+1/p-2. The van der Waals surface area contributed by atoms with Crippen LogP contribution in [0.5, 0.6) is 0 Å². The Hall–Kier alpha value is 1.34. The molecule has 0 aliphatic heterocycles. The maximum absolute atomic E-state index is 9.98. The van der Waals surface area contributed by atoms with Gasteiger partial charge in [0.05, 0.1) is 0 Å². The summed E-state index contributed by atoms with van der Waals surface area (Å²) < 4.78 is 9.98. The number of hydrogen-bond donors (Lipinski definition) is 0. The van der Waals surface area contributed by atoms with E-state index in [2.05, 4.69) is 0 Å². The van der Waals surface area contributed by atoms with Crippen LogP contribution in [0.25, 0.3) is 0 Å². The molecule has 0 bridgehead atoms. The van der Waals surface area contributed by atoms with Crippen LogP contribution in [0, 0.1) is 0 Å². The molecular weight excluding hydrogens is 153 g/mol. The van der Waals surface area contributed by atoms with Gasteiger partial charge in [-0.2, -0.15) is 0 Å². The first kappa shape index (κ1) is 18.2. The molecule has 0 spiro atoms. The monoisotopic (exact) mass is 164 g/mol. The van der Waals surface area contributed by atoms with E-state index in [4.69, 9.17) is 0 Å². The van der Waals surface area contributed by atoms with Crippen molar-refractivity contribution >= 4 is 7.60 Å². The summed E-state index contributed by atoms with van der Waals surface area (Å²) in [5.41, 5.74) is 0. The minimum Gasteiger partial charge on any atom is -0.811 e. The molecule has 0 aliphatic rings. The molecule has 0 saturated carbocycles. The van der Waals surface area contributed by atoms with E-state index in [9.17, 15) is 14.4 Å². The second kappa shape index (κ2) is 9.43. The largest absolute Gasteiger partial charge is 1.00 e. The topological polar surface area (TPSA) is 63.2 Å². The molecule has 0 atom stereocenters. The molecule has 0 aromatic heterocycles. The average molecular weight is 164 g/mol. The number of hydrogen-bond acceptors (Lipinski definition) is 3. The minimum atomic E-state index is -4.20. The molecule has 0 fully saturated rings. The minimum absolute atomic E-state index is 0. The fourth-order valence-electron chi connectivity index (χ4n) is 0.555. The van der Waals surface area contributed by atoms with Gasteiger partial charge in [0.25, 0.3) is 0 Å². The summed E-state index contributed by atoms with van der Waals surface area (Å²) in [6.45, 7) is 1.96. The second-order valence-corrected chi connectivity index (χ2v) is 3.71. The summed E-state index contributed by atoms with van der Waals surface area (Å²) in [4.78, 5) is 20.0. The fourth-order valence-corrected chi connectivity index (χ4v) is 1.17. The van der Waals surface area contributed by atoms with Gasteiger partial charge >= 0.3 is 37.7 Å². The predicted octanol–water partition coefficient (Wildman–Crippen LogP) is -5.90. The van der Waals surface area contributed by atoms with Crippen LogP contribution in [-0.2, 0) is 4.57 Å². The van der Waals surface area contributed by atoms with Crippen LogP contribution < -0.4 is 47.5 Å². The van der Waals surface area contributed by atoms with E-state index in [0.29, 0.717) is 6.42 Å². The van der Waals surface area contributed by atoms with Crippen molar-refractivity contribution in [3.05, 3.63) is 0 Å². The summed E-state index contributed by atoms with van der Waals surface area (Å²) in [6, 6.07) is 0. The molecule has 0 amide bonds. The first-order chi connectivity index (χ1) is 4.06. The van der Waals surface area contributed by atoms with Crippen molar-refractivity contribution in [2.24, 2.45) is 0 Å². The maximum atomic E-state index is 9.98. The van der Waals surface area contributed by atoms with Crippen molar-refractivity contribution in [1.82, 2.24) is 0 Å². The Bertz CT molecular complexity index is 114. The first-order valence-electron chi connectivity index (χ1n) is 3.07. The van der Waals surface area contributed by atoms with Crippen LogP contribution in [0.15, 0.2) is 0 Å². The van der Waals surface area contributed by atoms with Gasteiger partial charge in [-0.05, 0) is 12.6 Å². The molecule has 11 heavy (non-hydrogen) atoms. The summed E-state index contributed by atoms with van der Waals surface area (Å²) in [7, 11) is -4.20. The van der Waals surface area contributed by atoms with Gasteiger partial charge in [0.15, 0.2) is 0 Å². The fraction of sp³-hybridized carbons (Fsp3) is 1.00. The van der Waals surface area contributed by atoms with Gasteiger partial charge < -0.3 is 14.4 Å². The van der Waals surface area contributed by atoms with Crippen molar-refractivity contribution in [3.63, 3.8) is 0 Å². The molecule has 0 rings (SSSR count).